The van der Waals surface area contributed by atoms with Crippen LogP contribution in [0.2, 0.25) is 0 Å². The predicted octanol–water partition coefficient (Wildman–Crippen LogP) is 6.10. The molecule has 36 heavy (non-hydrogen) atoms. The number of rotatable bonds is 6. The normalized spacial score (nSPS) is 14.9. The first-order valence-corrected chi connectivity index (χ1v) is 12.4. The van der Waals surface area contributed by atoms with Gasteiger partial charge in [-0.1, -0.05) is 18.2 Å². The van der Waals surface area contributed by atoms with E-state index in [9.17, 15) is 4.79 Å². The van der Waals surface area contributed by atoms with Crippen LogP contribution in [0.4, 0.5) is 11.4 Å². The van der Waals surface area contributed by atoms with Crippen molar-refractivity contribution in [3.63, 3.8) is 0 Å². The quantitative estimate of drug-likeness (QED) is 0.316. The van der Waals surface area contributed by atoms with Crippen LogP contribution in [0.15, 0.2) is 71.2 Å². The summed E-state index contributed by atoms with van der Waals surface area (Å²) >= 11 is 3.61. The molecular weight excluding hydrogens is 520 g/mol. The lowest BCUT2D eigenvalue weighted by molar-refractivity contribution is 0.0975. The third kappa shape index (κ3) is 4.22. The van der Waals surface area contributed by atoms with E-state index in [-0.39, 0.29) is 5.91 Å². The number of ether oxygens (including phenoxy) is 2. The fraction of sp³-hybridized carbons (Fsp3) is 0.214. The highest BCUT2D eigenvalue weighted by Crippen LogP contribution is 2.38. The van der Waals surface area contributed by atoms with Gasteiger partial charge in [0.05, 0.1) is 42.2 Å². The van der Waals surface area contributed by atoms with Crippen LogP contribution in [-0.2, 0) is 6.54 Å². The predicted molar refractivity (Wildman–Crippen MR) is 144 cm³/mol. The molecule has 4 aromatic rings. The van der Waals surface area contributed by atoms with E-state index < -0.39 is 6.17 Å². The number of aryl methyl sites for hydroxylation is 1. The highest BCUT2D eigenvalue weighted by molar-refractivity contribution is 9.10. The highest BCUT2D eigenvalue weighted by Gasteiger charge is 2.34. The number of hydrogen-bond donors (Lipinski definition) is 1. The zero-order chi connectivity index (χ0) is 25.4. The summed E-state index contributed by atoms with van der Waals surface area (Å²) in [7, 11) is 3.29. The fourth-order valence-electron chi connectivity index (χ4n) is 4.58. The van der Waals surface area contributed by atoms with Gasteiger partial charge in [0.2, 0.25) is 0 Å². The van der Waals surface area contributed by atoms with Gasteiger partial charge >= 0.3 is 0 Å². The number of hydrogen-bond acceptors (Lipinski definition) is 5. The van der Waals surface area contributed by atoms with Crippen LogP contribution in [0.5, 0.6) is 11.5 Å². The largest absolute Gasteiger partial charge is 0.497 e. The average molecular weight is 547 g/mol. The van der Waals surface area contributed by atoms with Crippen molar-refractivity contribution in [2.24, 2.45) is 0 Å². The van der Waals surface area contributed by atoms with Gasteiger partial charge in [-0.05, 0) is 83.9 Å². The summed E-state index contributed by atoms with van der Waals surface area (Å²) in [5.74, 6) is 1.43. The third-order valence-corrected chi connectivity index (χ3v) is 7.66. The van der Waals surface area contributed by atoms with E-state index in [1.165, 1.54) is 0 Å². The number of halogens is 1. The van der Waals surface area contributed by atoms with Gasteiger partial charge in [0.25, 0.3) is 5.91 Å². The molecule has 2 heterocycles. The number of aromatic nitrogens is 2. The van der Waals surface area contributed by atoms with Crippen molar-refractivity contribution in [1.82, 2.24) is 9.78 Å². The number of benzene rings is 3. The highest BCUT2D eigenvalue weighted by atomic mass is 79.9. The molecule has 5 rings (SSSR count). The van der Waals surface area contributed by atoms with E-state index in [0.29, 0.717) is 12.1 Å². The van der Waals surface area contributed by atoms with Gasteiger partial charge < -0.3 is 14.8 Å². The van der Waals surface area contributed by atoms with Crippen molar-refractivity contribution in [2.45, 2.75) is 26.6 Å². The zero-order valence-electron chi connectivity index (χ0n) is 20.6. The van der Waals surface area contributed by atoms with E-state index in [1.54, 1.807) is 19.1 Å². The van der Waals surface area contributed by atoms with Gasteiger partial charge in [-0.15, -0.1) is 0 Å². The van der Waals surface area contributed by atoms with Crippen LogP contribution in [0, 0.1) is 13.8 Å². The minimum atomic E-state index is -0.419. The van der Waals surface area contributed by atoms with Crippen molar-refractivity contribution in [2.75, 3.05) is 24.4 Å². The van der Waals surface area contributed by atoms with Gasteiger partial charge in [-0.2, -0.15) is 5.10 Å². The Morgan fingerprint density at radius 1 is 1.00 bits per heavy atom. The van der Waals surface area contributed by atoms with Crippen LogP contribution < -0.4 is 19.7 Å². The second-order valence-electron chi connectivity index (χ2n) is 8.68. The maximum Gasteiger partial charge on any atom is 0.262 e. The molecule has 1 atom stereocenters. The number of anilines is 2. The van der Waals surface area contributed by atoms with Gasteiger partial charge in [0.1, 0.15) is 17.7 Å². The average Bonchev–Trinajstić information content (AvgIpc) is 3.15. The van der Waals surface area contributed by atoms with Gasteiger partial charge in [0, 0.05) is 16.9 Å². The number of carbonyl (C=O) groups is 1. The molecule has 1 N–H and O–H groups in total. The van der Waals surface area contributed by atoms with Gasteiger partial charge in [-0.25, -0.2) is 0 Å². The summed E-state index contributed by atoms with van der Waals surface area (Å²) in [4.78, 5) is 15.5. The molecule has 0 saturated heterocycles. The molecule has 8 heteroatoms. The third-order valence-electron chi connectivity index (χ3n) is 6.51. The first-order chi connectivity index (χ1) is 17.4. The van der Waals surface area contributed by atoms with E-state index in [1.807, 2.05) is 79.2 Å². The van der Waals surface area contributed by atoms with Gasteiger partial charge in [0.15, 0.2) is 0 Å². The molecule has 0 bridgehead atoms. The SMILES string of the molecule is COc1ccc(N2C(=O)c3ccccc3N[C@@H]2c2ccc(OC)c(Cn3nc(C)c(Br)c3C)c2)cc1. The molecule has 0 aliphatic carbocycles. The van der Waals surface area contributed by atoms with Crippen molar-refractivity contribution in [1.29, 1.82) is 0 Å². The van der Waals surface area contributed by atoms with Crippen LogP contribution in [0.1, 0.15) is 39.0 Å². The monoisotopic (exact) mass is 546 g/mol. The lowest BCUT2D eigenvalue weighted by Gasteiger charge is -2.38. The molecule has 1 aromatic heterocycles. The molecule has 0 unspecified atom stereocenters. The first-order valence-electron chi connectivity index (χ1n) is 11.6. The van der Waals surface area contributed by atoms with Crippen molar-refractivity contribution >= 4 is 33.2 Å². The Balaban J connectivity index is 1.60. The molecule has 0 radical (unpaired) electrons. The topological polar surface area (TPSA) is 68.6 Å². The first kappa shape index (κ1) is 23.9. The lowest BCUT2D eigenvalue weighted by atomic mass is 10.0. The number of methoxy groups -OCH3 is 2. The summed E-state index contributed by atoms with van der Waals surface area (Å²) in [6.07, 6.45) is -0.419. The second kappa shape index (κ2) is 9.70. The Kier molecular flexibility index (Phi) is 6.45. The van der Waals surface area contributed by atoms with Crippen LogP contribution in [0.3, 0.4) is 0 Å². The minimum Gasteiger partial charge on any atom is -0.497 e. The second-order valence-corrected chi connectivity index (χ2v) is 9.47. The smallest absolute Gasteiger partial charge is 0.262 e. The van der Waals surface area contributed by atoms with Crippen LogP contribution >= 0.6 is 15.9 Å². The number of amides is 1. The van der Waals surface area contributed by atoms with Crippen LogP contribution in [0.25, 0.3) is 0 Å². The zero-order valence-corrected chi connectivity index (χ0v) is 22.2. The van der Waals surface area contributed by atoms with Crippen molar-refractivity contribution < 1.29 is 14.3 Å². The van der Waals surface area contributed by atoms with Crippen molar-refractivity contribution in [3.8, 4) is 11.5 Å². The molecule has 1 aliphatic rings. The summed E-state index contributed by atoms with van der Waals surface area (Å²) < 4.78 is 14.0. The number of fused-ring (bicyclic) bond motifs is 1. The Hall–Kier alpha value is -3.78. The summed E-state index contributed by atoms with van der Waals surface area (Å²) in [6, 6.07) is 21.1. The van der Waals surface area contributed by atoms with E-state index >= 15 is 0 Å². The summed E-state index contributed by atoms with van der Waals surface area (Å²) in [5, 5.41) is 8.24. The molecule has 0 spiro atoms. The molecule has 1 amide bonds. The lowest BCUT2D eigenvalue weighted by Crippen LogP contribution is -2.43. The van der Waals surface area contributed by atoms with E-state index in [4.69, 9.17) is 9.47 Å². The van der Waals surface area contributed by atoms with E-state index in [0.717, 1.165) is 49.9 Å². The number of para-hydroxylation sites is 1. The van der Waals surface area contributed by atoms with Crippen molar-refractivity contribution in [3.05, 3.63) is 99.3 Å². The molecule has 7 nitrogen and oxygen atoms in total. The minimum absolute atomic E-state index is 0.0700. The Bertz CT molecular complexity index is 1430. The maximum absolute atomic E-state index is 13.7. The van der Waals surface area contributed by atoms with E-state index in [2.05, 4.69) is 32.4 Å². The Morgan fingerprint density at radius 2 is 1.75 bits per heavy atom. The molecular formula is C28H27BrN4O3. The molecule has 184 valence electrons. The number of nitrogens with zero attached hydrogens (tertiary/aromatic N) is 3. The number of carbonyl (C=O) groups excluding carboxylic acids is 1. The standard InChI is InChI=1S/C28H27BrN4O3/c1-17-26(29)18(2)32(31-17)16-20-15-19(9-14-25(20)36-4)27-30-24-8-6-5-7-23(24)28(34)33(27)21-10-12-22(35-3)13-11-21/h5-15,27,30H,16H2,1-4H3/t27-/m0/s1. The molecule has 0 saturated carbocycles. The summed E-state index contributed by atoms with van der Waals surface area (Å²) in [5.41, 5.74) is 6.08. The Labute approximate surface area is 218 Å². The van der Waals surface area contributed by atoms with Crippen LogP contribution in [-0.4, -0.2) is 29.9 Å². The fourth-order valence-corrected chi connectivity index (χ4v) is 4.86. The molecule has 1 aliphatic heterocycles. The molecule has 3 aromatic carbocycles. The van der Waals surface area contributed by atoms with Gasteiger partial charge in [-0.3, -0.25) is 14.4 Å². The summed E-state index contributed by atoms with van der Waals surface area (Å²) in [6.45, 7) is 4.54. The molecule has 0 fully saturated rings. The maximum atomic E-state index is 13.7. The Morgan fingerprint density at radius 3 is 2.42 bits per heavy atom. The number of nitrogens with one attached hydrogen (secondary N) is 1.